The van der Waals surface area contributed by atoms with Gasteiger partial charge in [-0.2, -0.15) is 0 Å². The van der Waals surface area contributed by atoms with Gasteiger partial charge >= 0.3 is 0 Å². The van der Waals surface area contributed by atoms with Gasteiger partial charge in [0.2, 0.25) is 0 Å². The van der Waals surface area contributed by atoms with Crippen LogP contribution in [0.1, 0.15) is 19.4 Å². The summed E-state index contributed by atoms with van der Waals surface area (Å²) in [6, 6.07) is 11.6. The maximum atomic E-state index is 11.0. The van der Waals surface area contributed by atoms with Gasteiger partial charge in [0, 0.05) is 23.9 Å². The number of rotatable bonds is 3. The molecule has 0 spiro atoms. The normalized spacial score (nSPS) is 15.8. The highest BCUT2D eigenvalue weighted by Crippen LogP contribution is 2.39. The number of benzene rings is 2. The van der Waals surface area contributed by atoms with Crippen LogP contribution in [0.25, 0.3) is 6.08 Å². The SMILES string of the molecule is CC1(C)CN(C=Cc2ccccc2O)c2cc([N+](=O)[O-])ccc2O1. The quantitative estimate of drug-likeness (QED) is 0.683. The van der Waals surface area contributed by atoms with E-state index in [1.54, 1.807) is 30.3 Å². The van der Waals surface area contributed by atoms with Crippen LogP contribution in [0.15, 0.2) is 48.7 Å². The van der Waals surface area contributed by atoms with E-state index in [0.717, 1.165) is 0 Å². The van der Waals surface area contributed by atoms with Crippen molar-refractivity contribution in [2.75, 3.05) is 11.4 Å². The van der Waals surface area contributed by atoms with E-state index < -0.39 is 10.5 Å². The lowest BCUT2D eigenvalue weighted by molar-refractivity contribution is -0.384. The van der Waals surface area contributed by atoms with Gasteiger partial charge in [-0.1, -0.05) is 18.2 Å². The van der Waals surface area contributed by atoms with Crippen molar-refractivity contribution in [3.05, 3.63) is 64.3 Å². The molecule has 1 aliphatic heterocycles. The molecule has 2 aromatic rings. The molecular weight excluding hydrogens is 308 g/mol. The van der Waals surface area contributed by atoms with Gasteiger partial charge in [-0.3, -0.25) is 10.1 Å². The molecule has 1 heterocycles. The molecule has 0 bridgehead atoms. The number of ether oxygens (including phenoxy) is 1. The minimum atomic E-state index is -0.438. The molecule has 6 heteroatoms. The van der Waals surface area contributed by atoms with Crippen LogP contribution in [-0.4, -0.2) is 22.2 Å². The molecule has 0 saturated heterocycles. The molecule has 6 nitrogen and oxygen atoms in total. The maximum Gasteiger partial charge on any atom is 0.271 e. The average Bonchev–Trinajstić information content (AvgIpc) is 2.52. The van der Waals surface area contributed by atoms with E-state index in [2.05, 4.69) is 0 Å². The number of non-ortho nitro benzene ring substituents is 1. The number of phenolic OH excluding ortho intramolecular Hbond substituents is 1. The predicted molar refractivity (Wildman–Crippen MR) is 92.3 cm³/mol. The monoisotopic (exact) mass is 326 g/mol. The zero-order chi connectivity index (χ0) is 17.3. The van der Waals surface area contributed by atoms with Crippen LogP contribution in [0.2, 0.25) is 0 Å². The van der Waals surface area contributed by atoms with Crippen LogP contribution >= 0.6 is 0 Å². The van der Waals surface area contributed by atoms with Gasteiger partial charge in [0.15, 0.2) is 0 Å². The third kappa shape index (κ3) is 3.17. The van der Waals surface area contributed by atoms with Crippen LogP contribution in [0.4, 0.5) is 11.4 Å². The van der Waals surface area contributed by atoms with Crippen molar-refractivity contribution in [3.8, 4) is 11.5 Å². The summed E-state index contributed by atoms with van der Waals surface area (Å²) in [5.74, 6) is 0.777. The Bertz CT molecular complexity index is 814. The van der Waals surface area contributed by atoms with Gasteiger partial charge in [0.05, 0.1) is 17.2 Å². The smallest absolute Gasteiger partial charge is 0.271 e. The fraction of sp³-hybridized carbons (Fsp3) is 0.222. The highest BCUT2D eigenvalue weighted by atomic mass is 16.6. The third-order valence-corrected chi connectivity index (χ3v) is 3.77. The number of nitro benzene ring substituents is 1. The molecule has 1 N–H and O–H groups in total. The molecule has 0 atom stereocenters. The summed E-state index contributed by atoms with van der Waals surface area (Å²) in [6.07, 6.45) is 3.58. The number of hydrogen-bond donors (Lipinski definition) is 1. The van der Waals surface area contributed by atoms with E-state index in [1.165, 1.54) is 12.1 Å². The van der Waals surface area contributed by atoms with Gasteiger partial charge in [0.25, 0.3) is 5.69 Å². The number of anilines is 1. The lowest BCUT2D eigenvalue weighted by Gasteiger charge is -2.39. The Labute approximate surface area is 139 Å². The number of nitro groups is 1. The Hall–Kier alpha value is -3.02. The summed E-state index contributed by atoms with van der Waals surface area (Å²) in [7, 11) is 0. The van der Waals surface area contributed by atoms with Gasteiger partial charge in [-0.25, -0.2) is 0 Å². The molecule has 0 unspecified atom stereocenters. The molecule has 2 aromatic carbocycles. The predicted octanol–water partition coefficient (Wildman–Crippen LogP) is 3.95. The molecule has 0 saturated carbocycles. The molecule has 0 fully saturated rings. The van der Waals surface area contributed by atoms with Gasteiger partial charge < -0.3 is 14.7 Å². The number of hydrogen-bond acceptors (Lipinski definition) is 5. The minimum Gasteiger partial charge on any atom is -0.507 e. The zero-order valence-electron chi connectivity index (χ0n) is 13.5. The Morgan fingerprint density at radius 2 is 2.04 bits per heavy atom. The Kier molecular flexibility index (Phi) is 3.89. The van der Waals surface area contributed by atoms with E-state index in [-0.39, 0.29) is 11.4 Å². The minimum absolute atomic E-state index is 0.0121. The average molecular weight is 326 g/mol. The van der Waals surface area contributed by atoms with Gasteiger partial charge in [-0.15, -0.1) is 0 Å². The molecule has 0 radical (unpaired) electrons. The number of phenols is 1. The van der Waals surface area contributed by atoms with E-state index in [4.69, 9.17) is 4.74 Å². The number of para-hydroxylation sites is 1. The molecule has 24 heavy (non-hydrogen) atoms. The summed E-state index contributed by atoms with van der Waals surface area (Å²) >= 11 is 0. The lowest BCUT2D eigenvalue weighted by atomic mass is 10.0. The van der Waals surface area contributed by atoms with E-state index in [9.17, 15) is 15.2 Å². The topological polar surface area (TPSA) is 75.8 Å². The highest BCUT2D eigenvalue weighted by molar-refractivity contribution is 5.69. The fourth-order valence-electron chi connectivity index (χ4n) is 2.69. The van der Waals surface area contributed by atoms with Crippen LogP contribution < -0.4 is 9.64 Å². The maximum absolute atomic E-state index is 11.0. The van der Waals surface area contributed by atoms with E-state index in [0.29, 0.717) is 23.5 Å². The first kappa shape index (κ1) is 15.9. The van der Waals surface area contributed by atoms with Gasteiger partial charge in [0.1, 0.15) is 17.1 Å². The van der Waals surface area contributed by atoms with Crippen molar-refractivity contribution < 1.29 is 14.8 Å². The standard InChI is InChI=1S/C18H18N2O4/c1-18(2)12-19(10-9-13-5-3-4-6-16(13)21)15-11-14(20(22)23)7-8-17(15)24-18/h3-11,21H,12H2,1-2H3. The Balaban J connectivity index is 2.00. The molecule has 3 rings (SSSR count). The first-order chi connectivity index (χ1) is 11.4. The summed E-state index contributed by atoms with van der Waals surface area (Å²) < 4.78 is 5.91. The first-order valence-electron chi connectivity index (χ1n) is 7.56. The first-order valence-corrected chi connectivity index (χ1v) is 7.56. The third-order valence-electron chi connectivity index (χ3n) is 3.77. The Morgan fingerprint density at radius 3 is 2.75 bits per heavy atom. The summed E-state index contributed by atoms with van der Waals surface area (Å²) in [4.78, 5) is 12.5. The van der Waals surface area contributed by atoms with Crippen molar-refractivity contribution in [2.24, 2.45) is 0 Å². The second-order valence-corrected chi connectivity index (χ2v) is 6.27. The zero-order valence-corrected chi connectivity index (χ0v) is 13.5. The van der Waals surface area contributed by atoms with Crippen LogP contribution in [0.5, 0.6) is 11.5 Å². The summed E-state index contributed by atoms with van der Waals surface area (Å²) in [6.45, 7) is 4.45. The van der Waals surface area contributed by atoms with Crippen LogP contribution in [0, 0.1) is 10.1 Å². The highest BCUT2D eigenvalue weighted by Gasteiger charge is 2.32. The van der Waals surface area contributed by atoms with Crippen molar-refractivity contribution in [3.63, 3.8) is 0 Å². The molecule has 0 amide bonds. The van der Waals surface area contributed by atoms with Crippen molar-refractivity contribution in [2.45, 2.75) is 19.4 Å². The van der Waals surface area contributed by atoms with E-state index >= 15 is 0 Å². The van der Waals surface area contributed by atoms with Gasteiger partial charge in [-0.05, 0) is 32.1 Å². The number of fused-ring (bicyclic) bond motifs is 1. The molecule has 1 aliphatic rings. The summed E-state index contributed by atoms with van der Waals surface area (Å²) in [5.41, 5.74) is 0.883. The fourth-order valence-corrected chi connectivity index (χ4v) is 2.69. The van der Waals surface area contributed by atoms with E-state index in [1.807, 2.05) is 31.0 Å². The largest absolute Gasteiger partial charge is 0.507 e. The second-order valence-electron chi connectivity index (χ2n) is 6.27. The molecule has 124 valence electrons. The van der Waals surface area contributed by atoms with Crippen molar-refractivity contribution >= 4 is 17.5 Å². The molecule has 0 aliphatic carbocycles. The second kappa shape index (κ2) is 5.88. The van der Waals surface area contributed by atoms with Crippen molar-refractivity contribution in [1.82, 2.24) is 0 Å². The summed E-state index contributed by atoms with van der Waals surface area (Å²) in [5, 5.41) is 20.9. The Morgan fingerprint density at radius 1 is 1.29 bits per heavy atom. The number of nitrogens with zero attached hydrogens (tertiary/aromatic N) is 2. The molecule has 0 aromatic heterocycles. The lowest BCUT2D eigenvalue weighted by Crippen LogP contribution is -2.44. The van der Waals surface area contributed by atoms with Crippen LogP contribution in [-0.2, 0) is 0 Å². The van der Waals surface area contributed by atoms with Crippen molar-refractivity contribution in [1.29, 1.82) is 0 Å². The number of aromatic hydroxyl groups is 1. The van der Waals surface area contributed by atoms with Crippen LogP contribution in [0.3, 0.4) is 0 Å². The molecular formula is C18H18N2O4.